The van der Waals surface area contributed by atoms with Crippen LogP contribution < -0.4 is 10.6 Å². The smallest absolute Gasteiger partial charge is 0.413 e. The van der Waals surface area contributed by atoms with Gasteiger partial charge in [0.2, 0.25) is 11.9 Å². The molecule has 0 aliphatic heterocycles. The number of hydrogen-bond donors (Lipinski definition) is 4. The molecule has 0 fully saturated rings. The van der Waals surface area contributed by atoms with Crippen molar-refractivity contribution in [2.75, 3.05) is 24.9 Å². The molecule has 4 rings (SSSR count). The molecule has 4 N–H and O–H groups in total. The minimum Gasteiger partial charge on any atom is -0.453 e. The minimum absolute atomic E-state index is 0.352. The van der Waals surface area contributed by atoms with E-state index in [0.717, 1.165) is 70.4 Å². The van der Waals surface area contributed by atoms with Gasteiger partial charge in [0, 0.05) is 9.79 Å². The molecule has 2 heterocycles. The van der Waals surface area contributed by atoms with Crippen LogP contribution in [-0.2, 0) is 22.3 Å². The van der Waals surface area contributed by atoms with Gasteiger partial charge in [-0.05, 0) is 61.1 Å². The van der Waals surface area contributed by atoms with E-state index in [4.69, 9.17) is 0 Å². The number of anilines is 2. The number of nitrogens with zero attached hydrogens (tertiary/aromatic N) is 2. The predicted octanol–water partition coefficient (Wildman–Crippen LogP) is 7.28. The molecule has 202 valence electrons. The predicted molar refractivity (Wildman–Crippen MR) is 153 cm³/mol. The SMILES string of the molecule is CCCCc1cc2[nH]c(NC(=O)OC)nc2cc1SSc1cc2nc(NC(=O)OC)[nH]c2cc1CCCC. The Morgan fingerprint density at radius 2 is 1.18 bits per heavy atom. The lowest BCUT2D eigenvalue weighted by atomic mass is 10.1. The Morgan fingerprint density at radius 1 is 0.763 bits per heavy atom. The summed E-state index contributed by atoms with van der Waals surface area (Å²) in [6.45, 7) is 4.36. The van der Waals surface area contributed by atoms with Crippen molar-refractivity contribution < 1.29 is 19.1 Å². The zero-order valence-electron chi connectivity index (χ0n) is 21.9. The maximum atomic E-state index is 11.6. The third kappa shape index (κ3) is 6.73. The second-order valence-electron chi connectivity index (χ2n) is 8.73. The highest BCUT2D eigenvalue weighted by Crippen LogP contribution is 2.43. The molecular weight excluding hydrogens is 524 g/mol. The van der Waals surface area contributed by atoms with Crippen molar-refractivity contribution >= 4 is 67.7 Å². The van der Waals surface area contributed by atoms with Crippen LogP contribution in [0.2, 0.25) is 0 Å². The molecule has 2 aromatic carbocycles. The number of amides is 2. The first kappa shape index (κ1) is 27.6. The van der Waals surface area contributed by atoms with Crippen molar-refractivity contribution in [3.05, 3.63) is 35.4 Å². The molecule has 0 spiro atoms. The lowest BCUT2D eigenvalue weighted by molar-refractivity contribution is 0.186. The van der Waals surface area contributed by atoms with E-state index in [-0.39, 0.29) is 0 Å². The van der Waals surface area contributed by atoms with Gasteiger partial charge in [0.1, 0.15) is 0 Å². The minimum atomic E-state index is -0.571. The summed E-state index contributed by atoms with van der Waals surface area (Å²) in [5.41, 5.74) is 5.73. The van der Waals surface area contributed by atoms with Gasteiger partial charge in [-0.25, -0.2) is 19.6 Å². The number of hydrogen-bond acceptors (Lipinski definition) is 8. The fourth-order valence-electron chi connectivity index (χ4n) is 3.95. The van der Waals surface area contributed by atoms with Gasteiger partial charge in [0.25, 0.3) is 0 Å². The number of rotatable bonds is 11. The number of fused-ring (bicyclic) bond motifs is 2. The summed E-state index contributed by atoms with van der Waals surface area (Å²) in [6.07, 6.45) is 5.07. The second kappa shape index (κ2) is 12.9. The third-order valence-electron chi connectivity index (χ3n) is 5.96. The van der Waals surface area contributed by atoms with Gasteiger partial charge in [0.05, 0.1) is 36.3 Å². The molecule has 0 aliphatic carbocycles. The highest BCUT2D eigenvalue weighted by Gasteiger charge is 2.15. The van der Waals surface area contributed by atoms with Gasteiger partial charge >= 0.3 is 12.2 Å². The first-order valence-corrected chi connectivity index (χ1v) is 14.7. The number of imidazole rings is 2. The number of unbranched alkanes of at least 4 members (excludes halogenated alkanes) is 2. The average molecular weight is 557 g/mol. The van der Waals surface area contributed by atoms with E-state index in [1.807, 2.05) is 0 Å². The number of nitrogens with one attached hydrogen (secondary N) is 4. The van der Waals surface area contributed by atoms with E-state index < -0.39 is 12.2 Å². The molecule has 12 heteroatoms. The Kier molecular flexibility index (Phi) is 9.40. The monoisotopic (exact) mass is 556 g/mol. The summed E-state index contributed by atoms with van der Waals surface area (Å²) in [4.78, 5) is 40.9. The Balaban J connectivity index is 1.64. The number of ether oxygens (including phenoxy) is 2. The molecule has 0 saturated heterocycles. The molecule has 0 radical (unpaired) electrons. The maximum Gasteiger partial charge on any atom is 0.413 e. The zero-order valence-corrected chi connectivity index (χ0v) is 23.5. The van der Waals surface area contributed by atoms with Crippen LogP contribution in [0.25, 0.3) is 22.1 Å². The Labute approximate surface area is 228 Å². The maximum absolute atomic E-state index is 11.6. The summed E-state index contributed by atoms with van der Waals surface area (Å²) in [5.74, 6) is 0.704. The summed E-state index contributed by atoms with van der Waals surface area (Å²) in [7, 11) is 6.02. The van der Waals surface area contributed by atoms with E-state index in [0.29, 0.717) is 11.9 Å². The van der Waals surface area contributed by atoms with Gasteiger partial charge in [-0.2, -0.15) is 0 Å². The fourth-order valence-corrected chi connectivity index (χ4v) is 6.45. The van der Waals surface area contributed by atoms with E-state index in [2.05, 4.69) is 78.2 Å². The summed E-state index contributed by atoms with van der Waals surface area (Å²) >= 11 is 0. The van der Waals surface area contributed by atoms with Crippen LogP contribution in [-0.4, -0.2) is 46.3 Å². The van der Waals surface area contributed by atoms with E-state index in [9.17, 15) is 9.59 Å². The van der Waals surface area contributed by atoms with Crippen molar-refractivity contribution in [2.24, 2.45) is 0 Å². The average Bonchev–Trinajstić information content (AvgIpc) is 3.49. The van der Waals surface area contributed by atoms with Gasteiger partial charge < -0.3 is 19.4 Å². The summed E-state index contributed by atoms with van der Waals surface area (Å²) in [5, 5.41) is 5.20. The Hall–Kier alpha value is -3.38. The molecule has 2 amide bonds. The van der Waals surface area contributed by atoms with Crippen molar-refractivity contribution in [3.8, 4) is 0 Å². The number of benzene rings is 2. The van der Waals surface area contributed by atoms with Crippen LogP contribution in [0.1, 0.15) is 50.7 Å². The number of carbonyl (C=O) groups is 2. The van der Waals surface area contributed by atoms with Crippen LogP contribution in [0.15, 0.2) is 34.1 Å². The normalized spacial score (nSPS) is 11.2. The van der Waals surface area contributed by atoms with E-state index in [1.165, 1.54) is 25.3 Å². The van der Waals surface area contributed by atoms with E-state index >= 15 is 0 Å². The molecule has 0 aliphatic rings. The number of carbonyl (C=O) groups excluding carboxylic acids is 2. The number of methoxy groups -OCH3 is 2. The van der Waals surface area contributed by atoms with Crippen LogP contribution in [0.3, 0.4) is 0 Å². The number of aryl methyl sites for hydroxylation is 2. The van der Waals surface area contributed by atoms with Crippen molar-refractivity contribution in [3.63, 3.8) is 0 Å². The number of H-pyrrole nitrogens is 2. The molecule has 0 bridgehead atoms. The number of aromatic nitrogens is 4. The lowest BCUT2D eigenvalue weighted by Gasteiger charge is -2.12. The second-order valence-corrected chi connectivity index (χ2v) is 10.9. The fraction of sp³-hybridized carbons (Fsp3) is 0.385. The summed E-state index contributed by atoms with van der Waals surface area (Å²) < 4.78 is 9.36. The van der Waals surface area contributed by atoms with Gasteiger partial charge in [-0.3, -0.25) is 10.6 Å². The van der Waals surface area contributed by atoms with Gasteiger partial charge in [0.15, 0.2) is 0 Å². The molecule has 2 aromatic heterocycles. The zero-order chi connectivity index (χ0) is 27.1. The third-order valence-corrected chi connectivity index (χ3v) is 8.49. The summed E-state index contributed by atoms with van der Waals surface area (Å²) in [6, 6.07) is 8.36. The molecule has 0 saturated carbocycles. The lowest BCUT2D eigenvalue weighted by Crippen LogP contribution is -2.11. The molecule has 0 unspecified atom stereocenters. The van der Waals surface area contributed by atoms with Crippen LogP contribution >= 0.6 is 21.6 Å². The van der Waals surface area contributed by atoms with E-state index in [1.54, 1.807) is 21.6 Å². The van der Waals surface area contributed by atoms with Crippen molar-refractivity contribution in [1.82, 2.24) is 19.9 Å². The standard InChI is InChI=1S/C26H32N6O4S2/c1-5-7-9-15-11-17-19(29-23(27-17)31-25(33)35-3)13-21(15)37-38-22-14-20-18(12-16(22)10-8-6-2)28-24(30-20)32-26(34)36-4/h11-14H,5-10H2,1-4H3,(H2,27,29,31,33)(H2,28,30,32,34). The largest absolute Gasteiger partial charge is 0.453 e. The van der Waals surface area contributed by atoms with Gasteiger partial charge in [-0.1, -0.05) is 48.3 Å². The number of aromatic amines is 2. The highest BCUT2D eigenvalue weighted by molar-refractivity contribution is 8.76. The molecule has 38 heavy (non-hydrogen) atoms. The molecule has 4 aromatic rings. The van der Waals surface area contributed by atoms with Crippen LogP contribution in [0.4, 0.5) is 21.5 Å². The topological polar surface area (TPSA) is 134 Å². The molecule has 0 atom stereocenters. The van der Waals surface area contributed by atoms with Gasteiger partial charge in [-0.15, -0.1) is 0 Å². The molecule has 10 nitrogen and oxygen atoms in total. The Morgan fingerprint density at radius 3 is 1.55 bits per heavy atom. The van der Waals surface area contributed by atoms with Crippen LogP contribution in [0.5, 0.6) is 0 Å². The first-order valence-electron chi connectivity index (χ1n) is 12.5. The Bertz CT molecular complexity index is 1330. The first-order chi connectivity index (χ1) is 18.4. The quantitative estimate of drug-likeness (QED) is 0.142. The van der Waals surface area contributed by atoms with Crippen molar-refractivity contribution in [2.45, 2.75) is 62.2 Å². The highest BCUT2D eigenvalue weighted by atomic mass is 33.1. The molecular formula is C26H32N6O4S2. The van der Waals surface area contributed by atoms with Crippen LogP contribution in [0, 0.1) is 0 Å². The van der Waals surface area contributed by atoms with Crippen molar-refractivity contribution in [1.29, 1.82) is 0 Å².